The number of hydrogen-bond donors (Lipinski definition) is 4. The maximum absolute atomic E-state index is 13.0. The van der Waals surface area contributed by atoms with Crippen molar-refractivity contribution in [3.8, 4) is 0 Å². The summed E-state index contributed by atoms with van der Waals surface area (Å²) in [6.45, 7) is 8.08. The summed E-state index contributed by atoms with van der Waals surface area (Å²) in [4.78, 5) is 52.0. The number of carbonyl (C=O) groups is 4. The van der Waals surface area contributed by atoms with Crippen molar-refractivity contribution in [2.75, 3.05) is 27.7 Å². The van der Waals surface area contributed by atoms with Crippen molar-refractivity contribution >= 4 is 23.7 Å². The van der Waals surface area contributed by atoms with Crippen LogP contribution < -0.4 is 10.6 Å². The Balaban J connectivity index is 5.41. The van der Waals surface area contributed by atoms with Gasteiger partial charge in [-0.3, -0.25) is 14.4 Å². The summed E-state index contributed by atoms with van der Waals surface area (Å²) in [5.74, 6) is -2.69. The predicted molar refractivity (Wildman–Crippen MR) is 117 cm³/mol. The highest BCUT2D eigenvalue weighted by Gasteiger charge is 2.41. The van der Waals surface area contributed by atoms with Crippen molar-refractivity contribution in [3.05, 3.63) is 0 Å². The Hall–Kier alpha value is -2.20. The highest BCUT2D eigenvalue weighted by atomic mass is 16.4. The highest BCUT2D eigenvalue weighted by Crippen LogP contribution is 2.18. The Morgan fingerprint density at radius 3 is 1.97 bits per heavy atom. The lowest BCUT2D eigenvalue weighted by Crippen LogP contribution is -2.59. The van der Waals surface area contributed by atoms with Crippen LogP contribution in [0, 0.1) is 5.92 Å². The molecule has 3 atom stereocenters. The number of hydrogen-bond acceptors (Lipinski definition) is 6. The smallest absolute Gasteiger partial charge is 0.329 e. The maximum Gasteiger partial charge on any atom is 0.329 e. The summed E-state index contributed by atoms with van der Waals surface area (Å²) >= 11 is 0. The first-order chi connectivity index (χ1) is 14.2. The molecule has 180 valence electrons. The number of rotatable bonds is 13. The first kappa shape index (κ1) is 28.8. The third-order valence-corrected chi connectivity index (χ3v) is 4.96. The number of nitrogens with one attached hydrogen (secondary N) is 2. The van der Waals surface area contributed by atoms with Crippen LogP contribution in [0.4, 0.5) is 0 Å². The molecule has 0 spiro atoms. The zero-order valence-corrected chi connectivity index (χ0v) is 20.1. The molecule has 0 saturated carbocycles. The number of carboxylic acid groups (broad SMARTS) is 1. The molecule has 10 heteroatoms. The molecule has 31 heavy (non-hydrogen) atoms. The van der Waals surface area contributed by atoms with Crippen LogP contribution in [-0.2, 0) is 19.2 Å². The second-order valence-corrected chi connectivity index (χ2v) is 8.92. The van der Waals surface area contributed by atoms with Crippen LogP contribution in [0.3, 0.4) is 0 Å². The lowest BCUT2D eigenvalue weighted by molar-refractivity contribution is -0.160. The lowest BCUT2D eigenvalue weighted by atomic mass is 9.95. The quantitative estimate of drug-likeness (QED) is 0.315. The molecule has 0 heterocycles. The molecule has 3 unspecified atom stereocenters. The van der Waals surface area contributed by atoms with Gasteiger partial charge in [0.1, 0.15) is 6.04 Å². The molecule has 10 nitrogen and oxygen atoms in total. The van der Waals surface area contributed by atoms with Gasteiger partial charge < -0.3 is 30.6 Å². The molecule has 0 aromatic rings. The van der Waals surface area contributed by atoms with Crippen LogP contribution in [0.1, 0.15) is 53.9 Å². The van der Waals surface area contributed by atoms with E-state index < -0.39 is 41.5 Å². The second-order valence-electron chi connectivity index (χ2n) is 8.92. The SMILES string of the molecule is CCCC(NC)C(=O)N(C)CC(=O)NC(CC(C)C)C(=O)N(C)C(C(=O)O)C(C)(C)O. The number of carbonyl (C=O) groups excluding carboxylic acids is 3. The van der Waals surface area contributed by atoms with E-state index in [1.54, 1.807) is 7.05 Å². The molecule has 0 aliphatic rings. The largest absolute Gasteiger partial charge is 0.480 e. The van der Waals surface area contributed by atoms with Gasteiger partial charge in [-0.1, -0.05) is 27.2 Å². The average Bonchev–Trinajstić information content (AvgIpc) is 2.62. The molecule has 0 aliphatic heterocycles. The Kier molecular flexibility index (Phi) is 11.7. The van der Waals surface area contributed by atoms with E-state index in [9.17, 15) is 29.4 Å². The number of likely N-dealkylation sites (N-methyl/N-ethyl adjacent to an activating group) is 3. The van der Waals surface area contributed by atoms with Crippen molar-refractivity contribution in [3.63, 3.8) is 0 Å². The fraction of sp³-hybridized carbons (Fsp3) is 0.810. The molecule has 4 N–H and O–H groups in total. The van der Waals surface area contributed by atoms with Gasteiger partial charge in [-0.2, -0.15) is 0 Å². The normalized spacial score (nSPS) is 14.5. The minimum absolute atomic E-state index is 0.0330. The zero-order valence-electron chi connectivity index (χ0n) is 20.1. The molecule has 0 rings (SSSR count). The van der Waals surface area contributed by atoms with Gasteiger partial charge in [0.05, 0.1) is 18.2 Å². The van der Waals surface area contributed by atoms with E-state index >= 15 is 0 Å². The maximum atomic E-state index is 13.0. The molecule has 0 aliphatic carbocycles. The fourth-order valence-corrected chi connectivity index (χ4v) is 3.49. The third-order valence-electron chi connectivity index (χ3n) is 4.96. The Bertz CT molecular complexity index is 632. The van der Waals surface area contributed by atoms with Gasteiger partial charge >= 0.3 is 5.97 Å². The van der Waals surface area contributed by atoms with Crippen molar-refractivity contribution in [2.24, 2.45) is 5.92 Å². The summed E-state index contributed by atoms with van der Waals surface area (Å²) in [6.07, 6.45) is 1.72. The summed E-state index contributed by atoms with van der Waals surface area (Å²) in [7, 11) is 4.49. The van der Waals surface area contributed by atoms with E-state index in [0.717, 1.165) is 11.3 Å². The van der Waals surface area contributed by atoms with Crippen LogP contribution in [0.2, 0.25) is 0 Å². The number of aliphatic hydroxyl groups is 1. The van der Waals surface area contributed by atoms with Crippen LogP contribution in [0.25, 0.3) is 0 Å². The van der Waals surface area contributed by atoms with Crippen molar-refractivity contribution in [1.29, 1.82) is 0 Å². The molecule has 0 bridgehead atoms. The number of nitrogens with zero attached hydrogens (tertiary/aromatic N) is 2. The van der Waals surface area contributed by atoms with E-state index in [1.165, 1.54) is 32.8 Å². The Morgan fingerprint density at radius 1 is 1.03 bits per heavy atom. The fourth-order valence-electron chi connectivity index (χ4n) is 3.49. The first-order valence-electron chi connectivity index (χ1n) is 10.6. The molecular weight excluding hydrogens is 404 g/mol. The van der Waals surface area contributed by atoms with Crippen LogP contribution in [0.5, 0.6) is 0 Å². The summed E-state index contributed by atoms with van der Waals surface area (Å²) < 4.78 is 0. The Labute approximate surface area is 185 Å². The predicted octanol–water partition coefficient (Wildman–Crippen LogP) is 0.0463. The standard InChI is InChI=1S/C21H40N4O6/c1-9-10-14(22-6)18(27)24(7)12-16(26)23-15(11-13(2)3)19(28)25(8)17(20(29)30)21(4,5)31/h13-15,17,22,31H,9-12H2,1-8H3,(H,23,26)(H,29,30). The number of carboxylic acids is 1. The van der Waals surface area contributed by atoms with Gasteiger partial charge in [-0.15, -0.1) is 0 Å². The molecule has 0 radical (unpaired) electrons. The van der Waals surface area contributed by atoms with Crippen molar-refractivity contribution < 1.29 is 29.4 Å². The summed E-state index contributed by atoms with van der Waals surface area (Å²) in [6, 6.07) is -2.87. The van der Waals surface area contributed by atoms with E-state index in [-0.39, 0.29) is 24.8 Å². The third kappa shape index (κ3) is 9.22. The summed E-state index contributed by atoms with van der Waals surface area (Å²) in [5, 5.41) is 25.2. The minimum Gasteiger partial charge on any atom is -0.480 e. The van der Waals surface area contributed by atoms with Gasteiger partial charge in [0.2, 0.25) is 17.7 Å². The molecule has 3 amide bonds. The van der Waals surface area contributed by atoms with Gasteiger partial charge in [-0.05, 0) is 39.7 Å². The topological polar surface area (TPSA) is 139 Å². The van der Waals surface area contributed by atoms with E-state index in [0.29, 0.717) is 6.42 Å². The molecule has 0 aromatic heterocycles. The number of aliphatic carboxylic acids is 1. The van der Waals surface area contributed by atoms with Crippen molar-refractivity contribution in [2.45, 2.75) is 77.6 Å². The highest BCUT2D eigenvalue weighted by molar-refractivity contribution is 5.92. The van der Waals surface area contributed by atoms with Gasteiger partial charge in [0.25, 0.3) is 0 Å². The van der Waals surface area contributed by atoms with Crippen LogP contribution in [0.15, 0.2) is 0 Å². The van der Waals surface area contributed by atoms with E-state index in [4.69, 9.17) is 0 Å². The zero-order chi connectivity index (χ0) is 24.5. The van der Waals surface area contributed by atoms with Gasteiger partial charge in [0, 0.05) is 14.1 Å². The first-order valence-corrected chi connectivity index (χ1v) is 10.6. The monoisotopic (exact) mass is 444 g/mol. The average molecular weight is 445 g/mol. The summed E-state index contributed by atoms with van der Waals surface area (Å²) in [5.41, 5.74) is -1.68. The minimum atomic E-state index is -1.68. The Morgan fingerprint density at radius 2 is 1.58 bits per heavy atom. The van der Waals surface area contributed by atoms with E-state index in [1.807, 2.05) is 20.8 Å². The van der Waals surface area contributed by atoms with E-state index in [2.05, 4.69) is 10.6 Å². The van der Waals surface area contributed by atoms with Crippen LogP contribution >= 0.6 is 0 Å². The molecule has 0 saturated heterocycles. The van der Waals surface area contributed by atoms with Crippen molar-refractivity contribution in [1.82, 2.24) is 20.4 Å². The molecule has 0 fully saturated rings. The van der Waals surface area contributed by atoms with Gasteiger partial charge in [0.15, 0.2) is 6.04 Å². The number of amides is 3. The second kappa shape index (κ2) is 12.6. The lowest BCUT2D eigenvalue weighted by Gasteiger charge is -2.36. The molecular formula is C21H40N4O6. The van der Waals surface area contributed by atoms with Crippen LogP contribution in [-0.4, -0.2) is 95.1 Å². The molecule has 0 aromatic carbocycles. The van der Waals surface area contributed by atoms with Gasteiger partial charge in [-0.25, -0.2) is 4.79 Å².